The number of hydrogen-bond acceptors (Lipinski definition) is 4. The number of carbonyl (C=O) groups is 1. The Bertz CT molecular complexity index is 1440. The number of benzene rings is 2. The van der Waals surface area contributed by atoms with Gasteiger partial charge in [0.2, 0.25) is 0 Å². The molecule has 168 valence electrons. The largest absolute Gasteiger partial charge is 0.383 e. The van der Waals surface area contributed by atoms with Gasteiger partial charge in [-0.1, -0.05) is 48.2 Å². The van der Waals surface area contributed by atoms with Crippen LogP contribution >= 0.6 is 0 Å². The molecule has 34 heavy (non-hydrogen) atoms. The van der Waals surface area contributed by atoms with Crippen molar-refractivity contribution in [3.05, 3.63) is 101 Å². The Morgan fingerprint density at radius 1 is 1.03 bits per heavy atom. The molecule has 1 amide bonds. The predicted octanol–water partition coefficient (Wildman–Crippen LogP) is 4.19. The van der Waals surface area contributed by atoms with E-state index >= 15 is 0 Å². The first-order chi connectivity index (χ1) is 16.4. The van der Waals surface area contributed by atoms with Gasteiger partial charge in [-0.3, -0.25) is 9.48 Å². The van der Waals surface area contributed by atoms with E-state index in [4.69, 9.17) is 5.73 Å². The van der Waals surface area contributed by atoms with E-state index in [1.54, 1.807) is 17.1 Å². The molecule has 5 rings (SSSR count). The lowest BCUT2D eigenvalue weighted by atomic mass is 10.0. The molecule has 0 aliphatic heterocycles. The molecule has 0 spiro atoms. The smallest absolute Gasteiger partial charge is 0.252 e. The highest BCUT2D eigenvalue weighted by Crippen LogP contribution is 2.45. The van der Waals surface area contributed by atoms with E-state index in [1.807, 2.05) is 62.6 Å². The monoisotopic (exact) mass is 447 g/mol. The van der Waals surface area contributed by atoms with Gasteiger partial charge in [0.1, 0.15) is 5.82 Å². The van der Waals surface area contributed by atoms with Crippen LogP contribution in [-0.2, 0) is 12.6 Å². The highest BCUT2D eigenvalue weighted by atomic mass is 16.1. The van der Waals surface area contributed by atoms with Gasteiger partial charge in [0.25, 0.3) is 5.91 Å². The maximum Gasteiger partial charge on any atom is 0.252 e. The molecule has 2 heterocycles. The van der Waals surface area contributed by atoms with Gasteiger partial charge in [-0.25, -0.2) is 4.98 Å². The summed E-state index contributed by atoms with van der Waals surface area (Å²) in [5.74, 6) is 6.60. The molecular weight excluding hydrogens is 422 g/mol. The van der Waals surface area contributed by atoms with E-state index in [2.05, 4.69) is 39.4 Å². The standard InChI is InChI=1S/C28H25N5O/c1-19-8-9-22(27(34)32-28(12-13-28)25-6-4-3-5-7-25)14-20(19)10-11-21-15-23(16-30-26(21)29)24-17-31-33(2)18-24/h3-9,14-18H,12-13H2,1-2H3,(H2,29,30)(H,32,34). The molecule has 6 nitrogen and oxygen atoms in total. The Kier molecular flexibility index (Phi) is 5.39. The van der Waals surface area contributed by atoms with Crippen molar-refractivity contribution in [1.82, 2.24) is 20.1 Å². The summed E-state index contributed by atoms with van der Waals surface area (Å²) in [5, 5.41) is 7.44. The third-order valence-electron chi connectivity index (χ3n) is 6.22. The molecule has 1 saturated carbocycles. The quantitative estimate of drug-likeness (QED) is 0.459. The van der Waals surface area contributed by atoms with Crippen LogP contribution in [0.15, 0.2) is 73.2 Å². The van der Waals surface area contributed by atoms with E-state index < -0.39 is 0 Å². The summed E-state index contributed by atoms with van der Waals surface area (Å²) in [5.41, 5.74) is 11.8. The number of nitrogens with one attached hydrogen (secondary N) is 1. The van der Waals surface area contributed by atoms with Crippen LogP contribution in [0.4, 0.5) is 5.82 Å². The molecular formula is C28H25N5O. The van der Waals surface area contributed by atoms with Crippen molar-refractivity contribution in [2.24, 2.45) is 7.05 Å². The van der Waals surface area contributed by atoms with Crippen molar-refractivity contribution in [2.75, 3.05) is 5.73 Å². The fourth-order valence-corrected chi connectivity index (χ4v) is 3.99. The molecule has 1 fully saturated rings. The first kappa shape index (κ1) is 21.5. The highest BCUT2D eigenvalue weighted by molar-refractivity contribution is 5.95. The van der Waals surface area contributed by atoms with E-state index in [9.17, 15) is 4.79 Å². The molecule has 1 aliphatic carbocycles. The minimum absolute atomic E-state index is 0.0934. The number of anilines is 1. The summed E-state index contributed by atoms with van der Waals surface area (Å²) in [6, 6.07) is 17.7. The third-order valence-corrected chi connectivity index (χ3v) is 6.22. The van der Waals surface area contributed by atoms with Crippen LogP contribution < -0.4 is 11.1 Å². The molecule has 1 aliphatic rings. The molecule has 3 N–H and O–H groups in total. The topological polar surface area (TPSA) is 85.8 Å². The lowest BCUT2D eigenvalue weighted by Gasteiger charge is -2.18. The number of nitrogen functional groups attached to an aromatic ring is 1. The van der Waals surface area contributed by atoms with Crippen LogP contribution in [0.25, 0.3) is 11.1 Å². The second-order valence-corrected chi connectivity index (χ2v) is 8.74. The van der Waals surface area contributed by atoms with Gasteiger partial charge in [-0.05, 0) is 49.1 Å². The Morgan fingerprint density at radius 3 is 2.50 bits per heavy atom. The zero-order valence-electron chi connectivity index (χ0n) is 19.2. The second-order valence-electron chi connectivity index (χ2n) is 8.74. The van der Waals surface area contributed by atoms with Gasteiger partial charge in [0.15, 0.2) is 0 Å². The lowest BCUT2D eigenvalue weighted by molar-refractivity contribution is 0.0931. The van der Waals surface area contributed by atoms with Crippen molar-refractivity contribution in [1.29, 1.82) is 0 Å². The van der Waals surface area contributed by atoms with E-state index in [0.717, 1.165) is 40.7 Å². The average Bonchev–Trinajstić information content (AvgIpc) is 3.50. The summed E-state index contributed by atoms with van der Waals surface area (Å²) in [4.78, 5) is 17.4. The first-order valence-corrected chi connectivity index (χ1v) is 11.2. The molecule has 0 unspecified atom stereocenters. The molecule has 2 aromatic heterocycles. The van der Waals surface area contributed by atoms with Gasteiger partial charge >= 0.3 is 0 Å². The minimum atomic E-state index is -0.262. The van der Waals surface area contributed by atoms with E-state index in [1.165, 1.54) is 0 Å². The number of aromatic nitrogens is 3. The number of rotatable bonds is 4. The Hall–Kier alpha value is -4.37. The number of carbonyl (C=O) groups excluding carboxylic acids is 1. The van der Waals surface area contributed by atoms with Crippen molar-refractivity contribution in [3.63, 3.8) is 0 Å². The van der Waals surface area contributed by atoms with Crippen molar-refractivity contribution < 1.29 is 4.79 Å². The zero-order valence-corrected chi connectivity index (χ0v) is 19.2. The SMILES string of the molecule is Cc1ccc(C(=O)NC2(c3ccccc3)CC2)cc1C#Cc1cc(-c2cnn(C)c2)cnc1N. The normalized spacial score (nSPS) is 13.6. The van der Waals surface area contributed by atoms with Crippen LogP contribution in [0.5, 0.6) is 0 Å². The lowest BCUT2D eigenvalue weighted by Crippen LogP contribution is -2.34. The van der Waals surface area contributed by atoms with Crippen LogP contribution in [0.1, 0.15) is 45.5 Å². The maximum atomic E-state index is 13.1. The fourth-order valence-electron chi connectivity index (χ4n) is 3.99. The summed E-state index contributed by atoms with van der Waals surface area (Å²) in [7, 11) is 1.87. The van der Waals surface area contributed by atoms with Crippen molar-refractivity contribution in [3.8, 4) is 23.0 Å². The minimum Gasteiger partial charge on any atom is -0.383 e. The van der Waals surface area contributed by atoms with Crippen LogP contribution in [-0.4, -0.2) is 20.7 Å². The second kappa shape index (κ2) is 8.53. The Morgan fingerprint density at radius 2 is 1.79 bits per heavy atom. The molecule has 6 heteroatoms. The van der Waals surface area contributed by atoms with Gasteiger partial charge in [-0.2, -0.15) is 5.10 Å². The number of aryl methyl sites for hydroxylation is 2. The van der Waals surface area contributed by atoms with E-state index in [-0.39, 0.29) is 11.4 Å². The molecule has 4 aromatic rings. The maximum absolute atomic E-state index is 13.1. The number of hydrogen-bond donors (Lipinski definition) is 2. The van der Waals surface area contributed by atoms with Gasteiger partial charge in [-0.15, -0.1) is 0 Å². The summed E-state index contributed by atoms with van der Waals surface area (Å²) in [6.45, 7) is 1.98. The molecule has 2 aromatic carbocycles. The Balaban J connectivity index is 1.40. The van der Waals surface area contributed by atoms with Gasteiger partial charge in [0.05, 0.1) is 17.3 Å². The van der Waals surface area contributed by atoms with Crippen LogP contribution in [0.2, 0.25) is 0 Å². The highest BCUT2D eigenvalue weighted by Gasteiger charge is 2.45. The number of nitrogens with zero attached hydrogens (tertiary/aromatic N) is 3. The molecule has 0 atom stereocenters. The summed E-state index contributed by atoms with van der Waals surface area (Å²) < 4.78 is 1.74. The van der Waals surface area contributed by atoms with Gasteiger partial charge < -0.3 is 11.1 Å². The summed E-state index contributed by atoms with van der Waals surface area (Å²) in [6.07, 6.45) is 7.30. The zero-order chi connectivity index (χ0) is 23.7. The van der Waals surface area contributed by atoms with Crippen LogP contribution in [0, 0.1) is 18.8 Å². The summed E-state index contributed by atoms with van der Waals surface area (Å²) >= 11 is 0. The van der Waals surface area contributed by atoms with Crippen LogP contribution in [0.3, 0.4) is 0 Å². The van der Waals surface area contributed by atoms with Crippen molar-refractivity contribution >= 4 is 11.7 Å². The fraction of sp³-hybridized carbons (Fsp3) is 0.179. The van der Waals surface area contributed by atoms with Gasteiger partial charge in [0, 0.05) is 41.7 Å². The third kappa shape index (κ3) is 4.28. The van der Waals surface area contributed by atoms with Crippen molar-refractivity contribution in [2.45, 2.75) is 25.3 Å². The average molecular weight is 448 g/mol. The number of nitrogens with two attached hydrogens (primary N) is 1. The number of pyridine rings is 1. The molecule has 0 saturated heterocycles. The predicted molar refractivity (Wildman–Crippen MR) is 133 cm³/mol. The Labute approximate surface area is 198 Å². The number of amides is 1. The molecule has 0 radical (unpaired) electrons. The first-order valence-electron chi connectivity index (χ1n) is 11.2. The van der Waals surface area contributed by atoms with E-state index in [0.29, 0.717) is 16.9 Å². The molecule has 0 bridgehead atoms.